The van der Waals surface area contributed by atoms with Gasteiger partial charge in [0, 0.05) is 11.1 Å². The molecule has 0 bridgehead atoms. The summed E-state index contributed by atoms with van der Waals surface area (Å²) < 4.78 is 5.77. The maximum absolute atomic E-state index is 5.77. The van der Waals surface area contributed by atoms with E-state index in [9.17, 15) is 0 Å². The summed E-state index contributed by atoms with van der Waals surface area (Å²) in [6.07, 6.45) is 5.40. The van der Waals surface area contributed by atoms with Gasteiger partial charge in [0.25, 0.3) is 0 Å². The Morgan fingerprint density at radius 3 is 1.86 bits per heavy atom. The Morgan fingerprint density at radius 2 is 1.32 bits per heavy atom. The van der Waals surface area contributed by atoms with Crippen molar-refractivity contribution in [3.8, 4) is 0 Å². The quantitative estimate of drug-likeness (QED) is 0.740. The van der Waals surface area contributed by atoms with Crippen LogP contribution in [0.3, 0.4) is 0 Å². The van der Waals surface area contributed by atoms with E-state index in [2.05, 4.69) is 74.9 Å². The molecule has 1 aliphatic carbocycles. The van der Waals surface area contributed by atoms with Crippen molar-refractivity contribution in [3.05, 3.63) is 89.0 Å². The summed E-state index contributed by atoms with van der Waals surface area (Å²) in [7, 11) is 1.75. The predicted molar refractivity (Wildman–Crippen MR) is 93.2 cm³/mol. The lowest BCUT2D eigenvalue weighted by Gasteiger charge is -2.21. The van der Waals surface area contributed by atoms with Crippen molar-refractivity contribution in [2.24, 2.45) is 0 Å². The number of methoxy groups -OCH3 is 1. The van der Waals surface area contributed by atoms with E-state index in [1.54, 1.807) is 7.11 Å². The van der Waals surface area contributed by atoms with Crippen molar-refractivity contribution in [3.63, 3.8) is 0 Å². The summed E-state index contributed by atoms with van der Waals surface area (Å²) in [5.74, 6) is 0.957. The summed E-state index contributed by atoms with van der Waals surface area (Å²) in [4.78, 5) is 0. The van der Waals surface area contributed by atoms with Crippen LogP contribution < -0.4 is 0 Å². The first kappa shape index (κ1) is 14.6. The average Bonchev–Trinajstić information content (AvgIpc) is 2.55. The molecular formula is C21H21O. The van der Waals surface area contributed by atoms with E-state index in [-0.39, 0.29) is 0 Å². The topological polar surface area (TPSA) is 9.23 Å². The van der Waals surface area contributed by atoms with E-state index in [1.165, 1.54) is 33.4 Å². The summed E-state index contributed by atoms with van der Waals surface area (Å²) in [6.45, 7) is 4.22. The molecule has 1 radical (unpaired) electrons. The van der Waals surface area contributed by atoms with Crippen LogP contribution >= 0.6 is 0 Å². The van der Waals surface area contributed by atoms with Crippen LogP contribution in [-0.2, 0) is 4.74 Å². The van der Waals surface area contributed by atoms with Crippen molar-refractivity contribution < 1.29 is 4.74 Å². The van der Waals surface area contributed by atoms with E-state index in [1.807, 2.05) is 0 Å². The molecule has 3 rings (SSSR count). The second-order valence-electron chi connectivity index (χ2n) is 5.74. The van der Waals surface area contributed by atoms with Gasteiger partial charge in [-0.05, 0) is 37.8 Å². The van der Waals surface area contributed by atoms with E-state index >= 15 is 0 Å². The molecule has 0 saturated heterocycles. The van der Waals surface area contributed by atoms with Crippen LogP contribution in [0.2, 0.25) is 0 Å². The second kappa shape index (κ2) is 6.23. The zero-order valence-electron chi connectivity index (χ0n) is 13.4. The molecule has 111 valence electrons. The first-order valence-corrected chi connectivity index (χ1v) is 7.65. The molecule has 0 heterocycles. The smallest absolute Gasteiger partial charge is 0.130 e. The molecule has 2 aromatic carbocycles. The molecular weight excluding hydrogens is 268 g/mol. The third kappa shape index (κ3) is 2.85. The normalized spacial score (nSPS) is 14.8. The van der Waals surface area contributed by atoms with Gasteiger partial charge in [0.1, 0.15) is 5.76 Å². The van der Waals surface area contributed by atoms with E-state index in [0.29, 0.717) is 0 Å². The number of ether oxygens (including phenoxy) is 1. The Morgan fingerprint density at radius 1 is 0.773 bits per heavy atom. The summed E-state index contributed by atoms with van der Waals surface area (Å²) in [5, 5.41) is 0. The fourth-order valence-electron chi connectivity index (χ4n) is 2.81. The zero-order chi connectivity index (χ0) is 15.5. The van der Waals surface area contributed by atoms with Crippen molar-refractivity contribution in [2.75, 3.05) is 7.11 Å². The Labute approximate surface area is 133 Å². The maximum Gasteiger partial charge on any atom is 0.130 e. The number of hydrogen-bond donors (Lipinski definition) is 0. The Bertz CT molecular complexity index is 716. The molecule has 0 aromatic heterocycles. The van der Waals surface area contributed by atoms with E-state index < -0.39 is 0 Å². The van der Waals surface area contributed by atoms with Gasteiger partial charge in [-0.1, -0.05) is 65.7 Å². The standard InChI is InChI=1S/C21H21O/c1-15-7-11-17(12-8-15)19-5-4-6-20(21(19)22-3)18-13-9-16(2)10-14-18/h5-14H,4H2,1-3H3. The van der Waals surface area contributed by atoms with Gasteiger partial charge in [-0.3, -0.25) is 0 Å². The van der Waals surface area contributed by atoms with Crippen LogP contribution in [-0.4, -0.2) is 7.11 Å². The Kier molecular flexibility index (Phi) is 4.15. The van der Waals surface area contributed by atoms with Gasteiger partial charge in [0.15, 0.2) is 0 Å². The maximum atomic E-state index is 5.77. The molecule has 0 atom stereocenters. The SMILES string of the molecule is COC1=C(c2ccc(C)cc2)[CH]CC=C1c1ccc(C)cc1. The van der Waals surface area contributed by atoms with Crippen molar-refractivity contribution in [2.45, 2.75) is 20.3 Å². The van der Waals surface area contributed by atoms with Gasteiger partial charge in [-0.25, -0.2) is 0 Å². The molecule has 1 heteroatoms. The summed E-state index contributed by atoms with van der Waals surface area (Å²) in [6, 6.07) is 17.2. The first-order valence-electron chi connectivity index (χ1n) is 7.65. The lowest BCUT2D eigenvalue weighted by Crippen LogP contribution is -2.03. The molecule has 1 nitrogen and oxygen atoms in total. The molecule has 2 aromatic rings. The molecule has 0 fully saturated rings. The van der Waals surface area contributed by atoms with Crippen LogP contribution in [0.5, 0.6) is 0 Å². The van der Waals surface area contributed by atoms with Gasteiger partial charge in [0.05, 0.1) is 7.11 Å². The Hall–Kier alpha value is -2.28. The lowest BCUT2D eigenvalue weighted by atomic mass is 9.88. The molecule has 0 aliphatic heterocycles. The lowest BCUT2D eigenvalue weighted by molar-refractivity contribution is 0.312. The summed E-state index contributed by atoms with van der Waals surface area (Å²) in [5.41, 5.74) is 7.32. The van der Waals surface area contributed by atoms with Gasteiger partial charge in [0.2, 0.25) is 0 Å². The first-order chi connectivity index (χ1) is 10.7. The highest BCUT2D eigenvalue weighted by Gasteiger charge is 2.19. The van der Waals surface area contributed by atoms with Crippen LogP contribution in [0.15, 0.2) is 60.4 Å². The highest BCUT2D eigenvalue weighted by atomic mass is 16.5. The number of rotatable bonds is 3. The van der Waals surface area contributed by atoms with Crippen LogP contribution in [0.25, 0.3) is 11.1 Å². The van der Waals surface area contributed by atoms with Crippen LogP contribution in [0, 0.1) is 20.3 Å². The number of aryl methyl sites for hydroxylation is 2. The third-order valence-corrected chi connectivity index (χ3v) is 4.06. The molecule has 0 N–H and O–H groups in total. The van der Waals surface area contributed by atoms with Crippen molar-refractivity contribution in [1.82, 2.24) is 0 Å². The van der Waals surface area contributed by atoms with E-state index in [0.717, 1.165) is 12.2 Å². The largest absolute Gasteiger partial charge is 0.496 e. The minimum Gasteiger partial charge on any atom is -0.496 e. The minimum atomic E-state index is 0.930. The monoisotopic (exact) mass is 289 g/mol. The average molecular weight is 289 g/mol. The highest BCUT2D eigenvalue weighted by Crippen LogP contribution is 2.37. The molecule has 1 aliphatic rings. The second-order valence-corrected chi connectivity index (χ2v) is 5.74. The Balaban J connectivity index is 2.06. The minimum absolute atomic E-state index is 0.930. The molecule has 0 amide bonds. The molecule has 0 unspecified atom stereocenters. The molecule has 22 heavy (non-hydrogen) atoms. The van der Waals surface area contributed by atoms with Crippen molar-refractivity contribution in [1.29, 1.82) is 0 Å². The van der Waals surface area contributed by atoms with E-state index in [4.69, 9.17) is 4.74 Å². The third-order valence-electron chi connectivity index (χ3n) is 4.06. The van der Waals surface area contributed by atoms with Crippen LogP contribution in [0.4, 0.5) is 0 Å². The van der Waals surface area contributed by atoms with Crippen molar-refractivity contribution >= 4 is 11.1 Å². The van der Waals surface area contributed by atoms with Crippen LogP contribution in [0.1, 0.15) is 28.7 Å². The highest BCUT2D eigenvalue weighted by molar-refractivity contribution is 5.92. The summed E-state index contributed by atoms with van der Waals surface area (Å²) >= 11 is 0. The van der Waals surface area contributed by atoms with Gasteiger partial charge >= 0.3 is 0 Å². The number of allylic oxidation sites excluding steroid dienone is 3. The fourth-order valence-corrected chi connectivity index (χ4v) is 2.81. The van der Waals surface area contributed by atoms with Gasteiger partial charge < -0.3 is 4.74 Å². The predicted octanol–water partition coefficient (Wildman–Crippen LogP) is 5.35. The van der Waals surface area contributed by atoms with Gasteiger partial charge in [-0.2, -0.15) is 0 Å². The number of hydrogen-bond acceptors (Lipinski definition) is 1. The number of benzene rings is 2. The molecule has 0 saturated carbocycles. The zero-order valence-corrected chi connectivity index (χ0v) is 13.4. The fraction of sp³-hybridized carbons (Fsp3) is 0.190. The molecule has 0 spiro atoms. The van der Waals surface area contributed by atoms with Gasteiger partial charge in [-0.15, -0.1) is 0 Å².